The minimum atomic E-state index is -0.537. The molecule has 0 radical (unpaired) electrons. The van der Waals surface area contributed by atoms with Gasteiger partial charge >= 0.3 is 0 Å². The average molecular weight is 356 g/mol. The summed E-state index contributed by atoms with van der Waals surface area (Å²) in [5, 5.41) is 5.57. The molecule has 2 aromatic carbocycles. The molecular weight excluding hydrogens is 336 g/mol. The van der Waals surface area contributed by atoms with E-state index in [-0.39, 0.29) is 18.2 Å². The first-order chi connectivity index (χ1) is 12.5. The van der Waals surface area contributed by atoms with Gasteiger partial charge in [-0.2, -0.15) is 0 Å². The van der Waals surface area contributed by atoms with Gasteiger partial charge in [-0.3, -0.25) is 9.59 Å². The Kier molecular flexibility index (Phi) is 4.97. The molecule has 0 saturated carbocycles. The maximum Gasteiger partial charge on any atom is 0.265 e. The van der Waals surface area contributed by atoms with E-state index in [1.807, 2.05) is 0 Å². The number of methoxy groups -OCH3 is 2. The highest BCUT2D eigenvalue weighted by atomic mass is 16.5. The van der Waals surface area contributed by atoms with Gasteiger partial charge < -0.3 is 24.8 Å². The minimum Gasteiger partial charge on any atom is -0.497 e. The number of fused-ring (bicyclic) bond motifs is 1. The molecule has 0 aromatic heterocycles. The molecule has 7 nitrogen and oxygen atoms in total. The highest BCUT2D eigenvalue weighted by molar-refractivity contribution is 5.99. The normalized spacial score (nSPS) is 15.3. The summed E-state index contributed by atoms with van der Waals surface area (Å²) in [6, 6.07) is 10.4. The van der Waals surface area contributed by atoms with Crippen molar-refractivity contribution in [2.24, 2.45) is 0 Å². The van der Waals surface area contributed by atoms with Crippen molar-refractivity contribution in [3.05, 3.63) is 42.0 Å². The number of carbonyl (C=O) groups excluding carboxylic acids is 2. The summed E-state index contributed by atoms with van der Waals surface area (Å²) in [5.41, 5.74) is 1.85. The van der Waals surface area contributed by atoms with E-state index in [4.69, 9.17) is 14.2 Å². The molecule has 0 bridgehead atoms. The molecule has 1 aliphatic rings. The van der Waals surface area contributed by atoms with E-state index in [9.17, 15) is 9.59 Å². The molecule has 0 fully saturated rings. The number of rotatable bonds is 5. The van der Waals surface area contributed by atoms with Crippen LogP contribution in [0.4, 0.5) is 11.4 Å². The Balaban J connectivity index is 1.71. The van der Waals surface area contributed by atoms with Gasteiger partial charge in [0.05, 0.1) is 26.3 Å². The van der Waals surface area contributed by atoms with Crippen molar-refractivity contribution in [2.45, 2.75) is 19.4 Å². The second-order valence-electron chi connectivity index (χ2n) is 5.86. The van der Waals surface area contributed by atoms with Crippen molar-refractivity contribution in [3.8, 4) is 17.2 Å². The van der Waals surface area contributed by atoms with Crippen LogP contribution >= 0.6 is 0 Å². The lowest BCUT2D eigenvalue weighted by Gasteiger charge is -2.23. The Morgan fingerprint density at radius 1 is 1.19 bits per heavy atom. The van der Waals surface area contributed by atoms with Crippen molar-refractivity contribution < 1.29 is 23.8 Å². The number of ether oxygens (including phenoxy) is 3. The summed E-state index contributed by atoms with van der Waals surface area (Å²) in [5.74, 6) is 1.39. The van der Waals surface area contributed by atoms with Gasteiger partial charge in [-0.05, 0) is 31.2 Å². The molecule has 2 N–H and O–H groups in total. The van der Waals surface area contributed by atoms with Crippen LogP contribution in [0.5, 0.6) is 17.2 Å². The van der Waals surface area contributed by atoms with Crippen LogP contribution in [-0.4, -0.2) is 32.1 Å². The van der Waals surface area contributed by atoms with Crippen molar-refractivity contribution in [2.75, 3.05) is 24.9 Å². The van der Waals surface area contributed by atoms with Crippen LogP contribution in [0, 0.1) is 0 Å². The van der Waals surface area contributed by atoms with Crippen molar-refractivity contribution in [1.29, 1.82) is 0 Å². The zero-order valence-electron chi connectivity index (χ0n) is 14.8. The Bertz CT molecular complexity index is 850. The fraction of sp³-hybridized carbons (Fsp3) is 0.263. The molecule has 0 spiro atoms. The molecule has 0 unspecified atom stereocenters. The van der Waals surface area contributed by atoms with Gasteiger partial charge in [-0.15, -0.1) is 0 Å². The fourth-order valence-electron chi connectivity index (χ4n) is 2.66. The van der Waals surface area contributed by atoms with Crippen molar-refractivity contribution in [3.63, 3.8) is 0 Å². The van der Waals surface area contributed by atoms with Crippen LogP contribution in [-0.2, 0) is 16.0 Å². The van der Waals surface area contributed by atoms with Gasteiger partial charge in [0.25, 0.3) is 5.91 Å². The lowest BCUT2D eigenvalue weighted by Crippen LogP contribution is -2.34. The van der Waals surface area contributed by atoms with E-state index in [2.05, 4.69) is 10.6 Å². The summed E-state index contributed by atoms with van der Waals surface area (Å²) in [6.45, 7) is 1.68. The third kappa shape index (κ3) is 3.72. The van der Waals surface area contributed by atoms with Gasteiger partial charge in [-0.25, -0.2) is 0 Å². The maximum atomic E-state index is 12.4. The predicted molar refractivity (Wildman–Crippen MR) is 97.0 cm³/mol. The van der Waals surface area contributed by atoms with Crippen LogP contribution < -0.4 is 24.8 Å². The highest BCUT2D eigenvalue weighted by Crippen LogP contribution is 2.32. The van der Waals surface area contributed by atoms with Gasteiger partial charge in [-0.1, -0.05) is 6.07 Å². The Labute approximate surface area is 151 Å². The smallest absolute Gasteiger partial charge is 0.265 e. The Hall–Kier alpha value is -3.22. The van der Waals surface area contributed by atoms with Gasteiger partial charge in [0, 0.05) is 17.3 Å². The van der Waals surface area contributed by atoms with Crippen LogP contribution in [0.25, 0.3) is 0 Å². The summed E-state index contributed by atoms with van der Waals surface area (Å²) in [7, 11) is 3.11. The highest BCUT2D eigenvalue weighted by Gasteiger charge is 2.23. The van der Waals surface area contributed by atoms with E-state index in [0.29, 0.717) is 28.6 Å². The third-order valence-electron chi connectivity index (χ3n) is 4.04. The number of amides is 2. The topological polar surface area (TPSA) is 85.9 Å². The molecule has 0 aliphatic carbocycles. The van der Waals surface area contributed by atoms with E-state index < -0.39 is 6.10 Å². The molecule has 1 heterocycles. The molecule has 7 heteroatoms. The third-order valence-corrected chi connectivity index (χ3v) is 4.04. The predicted octanol–water partition coefficient (Wildman–Crippen LogP) is 2.60. The number of nitrogens with one attached hydrogen (secondary N) is 2. The molecule has 1 aliphatic heterocycles. The zero-order valence-corrected chi connectivity index (χ0v) is 14.8. The van der Waals surface area contributed by atoms with Crippen LogP contribution in [0.1, 0.15) is 12.5 Å². The lowest BCUT2D eigenvalue weighted by molar-refractivity contribution is -0.122. The summed E-state index contributed by atoms with van der Waals surface area (Å²) >= 11 is 0. The first-order valence-electron chi connectivity index (χ1n) is 8.12. The number of carbonyl (C=O) groups is 2. The molecule has 3 rings (SSSR count). The summed E-state index contributed by atoms with van der Waals surface area (Å²) in [6.07, 6.45) is -0.394. The zero-order chi connectivity index (χ0) is 18.7. The molecule has 0 saturated heterocycles. The largest absolute Gasteiger partial charge is 0.497 e. The number of benzene rings is 2. The summed E-state index contributed by atoms with van der Waals surface area (Å²) in [4.78, 5) is 24.1. The second-order valence-corrected chi connectivity index (χ2v) is 5.86. The minimum absolute atomic E-state index is 0.143. The molecule has 26 heavy (non-hydrogen) atoms. The van der Waals surface area contributed by atoms with Gasteiger partial charge in [0.2, 0.25) is 5.91 Å². The number of anilines is 2. The SMILES string of the molecule is COc1ccc(CC(=O)Nc2ccc3c(c2)NC(=O)[C@H](C)O3)c(OC)c1. The monoisotopic (exact) mass is 356 g/mol. The Morgan fingerprint density at radius 3 is 2.73 bits per heavy atom. The van der Waals surface area contributed by atoms with E-state index >= 15 is 0 Å². The lowest BCUT2D eigenvalue weighted by atomic mass is 10.1. The molecule has 2 amide bonds. The number of hydrogen-bond acceptors (Lipinski definition) is 5. The molecule has 2 aromatic rings. The molecule has 136 valence electrons. The first kappa shape index (κ1) is 17.6. The van der Waals surface area contributed by atoms with E-state index in [0.717, 1.165) is 5.56 Å². The van der Waals surface area contributed by atoms with Crippen molar-refractivity contribution >= 4 is 23.2 Å². The fourth-order valence-corrected chi connectivity index (χ4v) is 2.66. The van der Waals surface area contributed by atoms with E-state index in [1.165, 1.54) is 0 Å². The molecular formula is C19H20N2O5. The van der Waals surface area contributed by atoms with Crippen LogP contribution in [0.15, 0.2) is 36.4 Å². The van der Waals surface area contributed by atoms with E-state index in [1.54, 1.807) is 57.5 Å². The number of hydrogen-bond donors (Lipinski definition) is 2. The quantitative estimate of drug-likeness (QED) is 0.860. The van der Waals surface area contributed by atoms with Gasteiger partial charge in [0.1, 0.15) is 17.2 Å². The maximum absolute atomic E-state index is 12.4. The molecule has 1 atom stereocenters. The second kappa shape index (κ2) is 7.35. The van der Waals surface area contributed by atoms with Crippen molar-refractivity contribution in [1.82, 2.24) is 0 Å². The standard InChI is InChI=1S/C19H20N2O5/c1-11-19(23)21-15-9-13(5-7-16(15)26-11)20-18(22)8-12-4-6-14(24-2)10-17(12)25-3/h4-7,9-11H,8H2,1-3H3,(H,20,22)(H,21,23)/t11-/m0/s1. The van der Waals surface area contributed by atoms with Crippen LogP contribution in [0.3, 0.4) is 0 Å². The van der Waals surface area contributed by atoms with Crippen LogP contribution in [0.2, 0.25) is 0 Å². The average Bonchev–Trinajstić information content (AvgIpc) is 2.63. The first-order valence-corrected chi connectivity index (χ1v) is 8.12. The summed E-state index contributed by atoms with van der Waals surface area (Å²) < 4.78 is 16.0. The Morgan fingerprint density at radius 2 is 2.00 bits per heavy atom. The van der Waals surface area contributed by atoms with Gasteiger partial charge in [0.15, 0.2) is 6.10 Å².